The number of nitrogens with zero attached hydrogens (tertiary/aromatic N) is 4. The first-order chi connectivity index (χ1) is 15.3. The Morgan fingerprint density at radius 2 is 1.97 bits per heavy atom. The number of anilines is 2. The molecule has 1 aromatic carbocycles. The molecule has 2 aromatic rings. The van der Waals surface area contributed by atoms with Crippen LogP contribution in [0.2, 0.25) is 5.02 Å². The highest BCUT2D eigenvalue weighted by atomic mass is 35.5. The smallest absolute Gasteiger partial charge is 0.229 e. The van der Waals surface area contributed by atoms with E-state index in [1.54, 1.807) is 13.0 Å². The molecule has 1 saturated heterocycles. The van der Waals surface area contributed by atoms with E-state index in [0.717, 1.165) is 43.1 Å². The number of likely N-dealkylation sites (tertiary alicyclic amines) is 1. The minimum absolute atomic E-state index is 0.163. The lowest BCUT2D eigenvalue weighted by Crippen LogP contribution is -2.34. The largest absolute Gasteiger partial charge is 0.402 e. The number of nitrogens with one attached hydrogen (secondary N) is 1. The van der Waals surface area contributed by atoms with Crippen LogP contribution in [0.3, 0.4) is 0 Å². The Bertz CT molecular complexity index is 1050. The number of hydrogen-bond acceptors (Lipinski definition) is 6. The Morgan fingerprint density at radius 3 is 2.62 bits per heavy atom. The Labute approximate surface area is 192 Å². The molecular formula is C23H29ClFN7. The maximum atomic E-state index is 15.0. The molecule has 2 fully saturated rings. The fraction of sp³-hybridized carbons (Fsp3) is 0.435. The number of piperidine rings is 1. The van der Waals surface area contributed by atoms with Gasteiger partial charge >= 0.3 is 0 Å². The molecule has 1 aliphatic carbocycles. The number of aryl methyl sites for hydroxylation is 1. The molecule has 0 atom stereocenters. The fourth-order valence-electron chi connectivity index (χ4n) is 4.25. The number of aliphatic imine (C=N–C) groups is 1. The molecule has 1 saturated carbocycles. The summed E-state index contributed by atoms with van der Waals surface area (Å²) in [7, 11) is 0. The number of allylic oxidation sites excluding steroid dienone is 1. The molecule has 0 amide bonds. The summed E-state index contributed by atoms with van der Waals surface area (Å²) in [5, 5.41) is 3.17. The summed E-state index contributed by atoms with van der Waals surface area (Å²) in [6.07, 6.45) is 7.70. The van der Waals surface area contributed by atoms with Crippen molar-refractivity contribution in [2.45, 2.75) is 51.5 Å². The van der Waals surface area contributed by atoms with E-state index in [1.807, 2.05) is 13.0 Å². The molecule has 0 unspecified atom stereocenters. The van der Waals surface area contributed by atoms with Crippen LogP contribution in [0.5, 0.6) is 0 Å². The zero-order chi connectivity index (χ0) is 22.8. The lowest BCUT2D eigenvalue weighted by atomic mass is 9.86. The van der Waals surface area contributed by atoms with Gasteiger partial charge in [-0.25, -0.2) is 14.4 Å². The number of benzene rings is 1. The monoisotopic (exact) mass is 457 g/mol. The second-order valence-electron chi connectivity index (χ2n) is 8.65. The van der Waals surface area contributed by atoms with Crippen LogP contribution in [0.15, 0.2) is 35.1 Å². The van der Waals surface area contributed by atoms with Gasteiger partial charge in [-0.15, -0.1) is 0 Å². The van der Waals surface area contributed by atoms with Gasteiger partial charge in [0.1, 0.15) is 16.7 Å². The summed E-state index contributed by atoms with van der Waals surface area (Å²) in [6.45, 7) is 5.91. The summed E-state index contributed by atoms with van der Waals surface area (Å²) < 4.78 is 15.0. The van der Waals surface area contributed by atoms with E-state index in [1.165, 1.54) is 25.1 Å². The molecule has 0 radical (unpaired) electrons. The zero-order valence-electron chi connectivity index (χ0n) is 18.4. The van der Waals surface area contributed by atoms with Crippen LogP contribution < -0.4 is 16.8 Å². The first-order valence-electron chi connectivity index (χ1n) is 10.9. The van der Waals surface area contributed by atoms with Gasteiger partial charge in [0.25, 0.3) is 0 Å². The molecule has 1 aliphatic heterocycles. The molecule has 4 rings (SSSR count). The molecule has 0 bridgehead atoms. The number of amidine groups is 1. The normalized spacial score (nSPS) is 18.8. The van der Waals surface area contributed by atoms with Crippen molar-refractivity contribution in [3.8, 4) is 0 Å². The van der Waals surface area contributed by atoms with Gasteiger partial charge in [0.15, 0.2) is 5.82 Å². The SMILES string of the molecule is C/C(N)=C/C(N)=Nc1nc(Nc2cc(C)c(C3CCN(C4CC4)CC3)cc2F)ncc1Cl. The predicted octanol–water partition coefficient (Wildman–Crippen LogP) is 4.51. The van der Waals surface area contributed by atoms with Crippen molar-refractivity contribution in [3.05, 3.63) is 52.1 Å². The van der Waals surface area contributed by atoms with Crippen molar-refractivity contribution < 1.29 is 4.39 Å². The number of hydrogen-bond donors (Lipinski definition) is 3. The quantitative estimate of drug-likeness (QED) is 0.435. The highest BCUT2D eigenvalue weighted by Gasteiger charge is 2.32. The van der Waals surface area contributed by atoms with Crippen molar-refractivity contribution in [2.75, 3.05) is 18.4 Å². The number of rotatable bonds is 6. The number of aromatic nitrogens is 2. The Balaban J connectivity index is 1.51. The fourth-order valence-corrected chi connectivity index (χ4v) is 4.39. The second kappa shape index (κ2) is 9.42. The molecule has 0 spiro atoms. The molecule has 5 N–H and O–H groups in total. The Morgan fingerprint density at radius 1 is 1.25 bits per heavy atom. The minimum Gasteiger partial charge on any atom is -0.402 e. The number of nitrogens with two attached hydrogens (primary N) is 2. The molecule has 170 valence electrons. The van der Waals surface area contributed by atoms with Gasteiger partial charge in [0.2, 0.25) is 5.95 Å². The second-order valence-corrected chi connectivity index (χ2v) is 9.05. The summed E-state index contributed by atoms with van der Waals surface area (Å²) in [5.41, 5.74) is 14.4. The van der Waals surface area contributed by atoms with Crippen molar-refractivity contribution in [3.63, 3.8) is 0 Å². The zero-order valence-corrected chi connectivity index (χ0v) is 19.2. The maximum Gasteiger partial charge on any atom is 0.229 e. The van der Waals surface area contributed by atoms with Gasteiger partial charge in [-0.05, 0) is 87.9 Å². The summed E-state index contributed by atoms with van der Waals surface area (Å²) in [4.78, 5) is 15.1. The molecule has 2 aliphatic rings. The van der Waals surface area contributed by atoms with Gasteiger partial charge in [-0.2, -0.15) is 4.98 Å². The molecule has 7 nitrogen and oxygen atoms in total. The van der Waals surface area contributed by atoms with Crippen LogP contribution in [-0.2, 0) is 0 Å². The first kappa shape index (κ1) is 22.5. The average Bonchev–Trinajstić information content (AvgIpc) is 3.58. The van der Waals surface area contributed by atoms with Crippen molar-refractivity contribution in [1.29, 1.82) is 0 Å². The van der Waals surface area contributed by atoms with Gasteiger partial charge in [-0.3, -0.25) is 0 Å². The first-order valence-corrected chi connectivity index (χ1v) is 11.3. The van der Waals surface area contributed by atoms with E-state index in [4.69, 9.17) is 23.1 Å². The summed E-state index contributed by atoms with van der Waals surface area (Å²) >= 11 is 6.13. The van der Waals surface area contributed by atoms with Gasteiger partial charge in [0, 0.05) is 11.7 Å². The highest BCUT2D eigenvalue weighted by molar-refractivity contribution is 6.32. The molecular weight excluding hydrogens is 429 g/mol. The van der Waals surface area contributed by atoms with Crippen LogP contribution in [0.1, 0.15) is 49.7 Å². The van der Waals surface area contributed by atoms with E-state index >= 15 is 0 Å². The van der Waals surface area contributed by atoms with E-state index in [2.05, 4.69) is 25.2 Å². The Kier molecular flexibility index (Phi) is 6.62. The third kappa shape index (κ3) is 5.37. The van der Waals surface area contributed by atoms with Gasteiger partial charge < -0.3 is 21.7 Å². The molecule has 2 heterocycles. The van der Waals surface area contributed by atoms with Crippen molar-refractivity contribution >= 4 is 34.9 Å². The van der Waals surface area contributed by atoms with E-state index in [9.17, 15) is 4.39 Å². The highest BCUT2D eigenvalue weighted by Crippen LogP contribution is 2.37. The van der Waals surface area contributed by atoms with E-state index in [0.29, 0.717) is 17.3 Å². The van der Waals surface area contributed by atoms with Gasteiger partial charge in [0.05, 0.1) is 11.9 Å². The lowest BCUT2D eigenvalue weighted by molar-refractivity contribution is 0.203. The van der Waals surface area contributed by atoms with Crippen LogP contribution in [0.4, 0.5) is 21.8 Å². The summed E-state index contributed by atoms with van der Waals surface area (Å²) in [5.74, 6) is 0.576. The average molecular weight is 458 g/mol. The third-order valence-electron chi connectivity index (χ3n) is 5.97. The van der Waals surface area contributed by atoms with Crippen molar-refractivity contribution in [1.82, 2.24) is 14.9 Å². The van der Waals surface area contributed by atoms with Crippen molar-refractivity contribution in [2.24, 2.45) is 16.5 Å². The van der Waals surface area contributed by atoms with Crippen LogP contribution in [0.25, 0.3) is 0 Å². The maximum absolute atomic E-state index is 15.0. The van der Waals surface area contributed by atoms with E-state index < -0.39 is 0 Å². The lowest BCUT2D eigenvalue weighted by Gasteiger charge is -2.33. The predicted molar refractivity (Wildman–Crippen MR) is 127 cm³/mol. The topological polar surface area (TPSA) is 105 Å². The van der Waals surface area contributed by atoms with Gasteiger partial charge in [-0.1, -0.05) is 11.6 Å². The molecule has 1 aromatic heterocycles. The van der Waals surface area contributed by atoms with Crippen LogP contribution >= 0.6 is 11.6 Å². The van der Waals surface area contributed by atoms with Crippen LogP contribution in [-0.4, -0.2) is 39.8 Å². The van der Waals surface area contributed by atoms with Crippen LogP contribution in [0, 0.1) is 12.7 Å². The minimum atomic E-state index is -0.333. The Hall–Kier alpha value is -2.71. The molecule has 9 heteroatoms. The summed E-state index contributed by atoms with van der Waals surface area (Å²) in [6, 6.07) is 4.25. The standard InChI is InChI=1S/C23H29ClFN7/c1-13-9-20(19(25)11-17(13)15-5-7-32(8-6-15)16-3-4-16)29-23-28-12-18(24)22(31-23)30-21(27)10-14(2)26/h9-12,15-16H,3-8,26H2,1-2H3,(H3,27,28,29,30,31)/b14-10-. The molecule has 32 heavy (non-hydrogen) atoms. The third-order valence-corrected chi connectivity index (χ3v) is 6.24. The number of halogens is 2. The van der Waals surface area contributed by atoms with E-state index in [-0.39, 0.29) is 28.4 Å².